The summed E-state index contributed by atoms with van der Waals surface area (Å²) in [6.07, 6.45) is 3.15. The molecule has 0 aromatic heterocycles. The molecule has 0 saturated carbocycles. The van der Waals surface area contributed by atoms with Gasteiger partial charge in [-0.1, -0.05) is 35.9 Å². The highest BCUT2D eigenvalue weighted by molar-refractivity contribution is 6.30. The minimum Gasteiger partial charge on any atom is -0.497 e. The zero-order valence-corrected chi connectivity index (χ0v) is 17.3. The average Bonchev–Trinajstić information content (AvgIpc) is 2.66. The number of nitrogens with one attached hydrogen (secondary N) is 1. The van der Waals surface area contributed by atoms with Gasteiger partial charge in [0.2, 0.25) is 0 Å². The highest BCUT2D eigenvalue weighted by atomic mass is 35.5. The number of hydrogen-bond donors (Lipinski definition) is 1. The Kier molecular flexibility index (Phi) is 6.46. The van der Waals surface area contributed by atoms with Gasteiger partial charge in [-0.15, -0.1) is 0 Å². The van der Waals surface area contributed by atoms with Gasteiger partial charge in [-0.25, -0.2) is 0 Å². The number of ether oxygens (including phenoxy) is 2. The van der Waals surface area contributed by atoms with Crippen LogP contribution in [0.2, 0.25) is 5.02 Å². The van der Waals surface area contributed by atoms with Crippen LogP contribution in [0.25, 0.3) is 0 Å². The molecule has 1 aliphatic rings. The highest BCUT2D eigenvalue weighted by Crippen LogP contribution is 2.44. The van der Waals surface area contributed by atoms with E-state index in [1.165, 1.54) is 11.1 Å². The second kappa shape index (κ2) is 8.64. The minimum absolute atomic E-state index is 0.103. The summed E-state index contributed by atoms with van der Waals surface area (Å²) in [6, 6.07) is 16.6. The molecular weight excluding hydrogens is 358 g/mol. The Bertz CT molecular complexity index is 727. The van der Waals surface area contributed by atoms with Crippen LogP contribution in [0, 0.1) is 0 Å². The Balaban J connectivity index is 1.69. The molecule has 27 heavy (non-hydrogen) atoms. The highest BCUT2D eigenvalue weighted by Gasteiger charge is 2.41. The molecule has 1 N–H and O–H groups in total. The monoisotopic (exact) mass is 387 g/mol. The first-order valence-electron chi connectivity index (χ1n) is 9.66. The van der Waals surface area contributed by atoms with Crippen molar-refractivity contribution in [1.29, 1.82) is 0 Å². The van der Waals surface area contributed by atoms with Gasteiger partial charge in [0.15, 0.2) is 0 Å². The molecule has 2 aromatic carbocycles. The van der Waals surface area contributed by atoms with Crippen molar-refractivity contribution in [3.63, 3.8) is 0 Å². The van der Waals surface area contributed by atoms with Gasteiger partial charge in [-0.2, -0.15) is 0 Å². The van der Waals surface area contributed by atoms with Crippen LogP contribution in [-0.2, 0) is 16.7 Å². The maximum atomic E-state index is 6.02. The third-order valence-corrected chi connectivity index (χ3v) is 5.81. The fourth-order valence-electron chi connectivity index (χ4n) is 4.19. The number of benzene rings is 2. The number of hydrogen-bond acceptors (Lipinski definition) is 3. The summed E-state index contributed by atoms with van der Waals surface area (Å²) in [5.41, 5.74) is 2.66. The third kappa shape index (κ3) is 5.25. The molecule has 0 spiro atoms. The van der Waals surface area contributed by atoms with Gasteiger partial charge in [-0.05, 0) is 75.0 Å². The van der Waals surface area contributed by atoms with Crippen molar-refractivity contribution in [3.05, 3.63) is 64.7 Å². The molecule has 146 valence electrons. The van der Waals surface area contributed by atoms with Gasteiger partial charge in [-0.3, -0.25) is 0 Å². The summed E-state index contributed by atoms with van der Waals surface area (Å²) in [5, 5.41) is 4.38. The Morgan fingerprint density at radius 1 is 1.07 bits per heavy atom. The zero-order valence-electron chi connectivity index (χ0n) is 16.6. The van der Waals surface area contributed by atoms with E-state index in [0.717, 1.165) is 49.7 Å². The van der Waals surface area contributed by atoms with Gasteiger partial charge in [0.05, 0.1) is 12.7 Å². The van der Waals surface area contributed by atoms with E-state index in [1.807, 2.05) is 12.1 Å². The lowest BCUT2D eigenvalue weighted by molar-refractivity contribution is -0.0840. The predicted octanol–water partition coefficient (Wildman–Crippen LogP) is 5.36. The molecule has 1 saturated heterocycles. The fraction of sp³-hybridized carbons (Fsp3) is 0.478. The summed E-state index contributed by atoms with van der Waals surface area (Å²) in [5.74, 6) is 0.904. The molecule has 1 fully saturated rings. The molecule has 2 aromatic rings. The van der Waals surface area contributed by atoms with E-state index in [4.69, 9.17) is 21.1 Å². The topological polar surface area (TPSA) is 30.5 Å². The SMILES string of the molecule is COc1ccc([C@@]2(CCNCc3ccc(Cl)cc3)CCOC(C)(C)C2)cc1. The lowest BCUT2D eigenvalue weighted by Crippen LogP contribution is -2.45. The zero-order chi connectivity index (χ0) is 19.3. The molecule has 1 aliphatic heterocycles. The Morgan fingerprint density at radius 2 is 1.78 bits per heavy atom. The Hall–Kier alpha value is -1.55. The van der Waals surface area contributed by atoms with Crippen LogP contribution in [-0.4, -0.2) is 25.9 Å². The van der Waals surface area contributed by atoms with Crippen molar-refractivity contribution in [1.82, 2.24) is 5.32 Å². The third-order valence-electron chi connectivity index (χ3n) is 5.56. The maximum absolute atomic E-state index is 6.02. The molecule has 0 aliphatic carbocycles. The molecule has 1 atom stereocenters. The lowest BCUT2D eigenvalue weighted by atomic mass is 9.67. The molecule has 1 heterocycles. The Morgan fingerprint density at radius 3 is 2.41 bits per heavy atom. The molecule has 0 radical (unpaired) electrons. The first-order chi connectivity index (χ1) is 12.9. The average molecular weight is 388 g/mol. The maximum Gasteiger partial charge on any atom is 0.118 e. The predicted molar refractivity (Wildman–Crippen MR) is 112 cm³/mol. The van der Waals surface area contributed by atoms with Gasteiger partial charge in [0, 0.05) is 23.6 Å². The summed E-state index contributed by atoms with van der Waals surface area (Å²) in [6.45, 7) is 7.02. The Labute approximate surface area is 168 Å². The van der Waals surface area contributed by atoms with Crippen LogP contribution in [0.1, 0.15) is 44.2 Å². The minimum atomic E-state index is -0.103. The molecule has 3 rings (SSSR count). The van der Waals surface area contributed by atoms with E-state index < -0.39 is 0 Å². The van der Waals surface area contributed by atoms with E-state index in [0.29, 0.717) is 0 Å². The number of methoxy groups -OCH3 is 1. The standard InChI is InChI=1S/C23H30ClNO2/c1-22(2)17-23(13-15-27-22,19-6-10-21(26-3)11-7-19)12-14-25-16-18-4-8-20(24)9-5-18/h4-11,25H,12-17H2,1-3H3/t23-/m0/s1. The van der Waals surface area contributed by atoms with Crippen LogP contribution < -0.4 is 10.1 Å². The van der Waals surface area contributed by atoms with Crippen LogP contribution in [0.5, 0.6) is 5.75 Å². The van der Waals surface area contributed by atoms with Crippen molar-refractivity contribution < 1.29 is 9.47 Å². The smallest absolute Gasteiger partial charge is 0.118 e. The van der Waals surface area contributed by atoms with Crippen LogP contribution in [0.15, 0.2) is 48.5 Å². The number of halogens is 1. The van der Waals surface area contributed by atoms with Crippen LogP contribution >= 0.6 is 11.6 Å². The molecule has 0 unspecified atom stereocenters. The van der Waals surface area contributed by atoms with Crippen LogP contribution in [0.4, 0.5) is 0 Å². The molecule has 3 nitrogen and oxygen atoms in total. The second-order valence-electron chi connectivity index (χ2n) is 8.10. The van der Waals surface area contributed by atoms with E-state index >= 15 is 0 Å². The first kappa shape index (κ1) is 20.2. The largest absolute Gasteiger partial charge is 0.497 e. The molecule has 0 amide bonds. The first-order valence-corrected chi connectivity index (χ1v) is 10.0. The van der Waals surface area contributed by atoms with E-state index in [1.54, 1.807) is 7.11 Å². The van der Waals surface area contributed by atoms with E-state index in [-0.39, 0.29) is 11.0 Å². The van der Waals surface area contributed by atoms with Gasteiger partial charge in [0.25, 0.3) is 0 Å². The van der Waals surface area contributed by atoms with Gasteiger partial charge in [0.1, 0.15) is 5.75 Å². The summed E-state index contributed by atoms with van der Waals surface area (Å²) < 4.78 is 11.4. The lowest BCUT2D eigenvalue weighted by Gasteiger charge is -2.45. The summed E-state index contributed by atoms with van der Waals surface area (Å²) >= 11 is 5.97. The van der Waals surface area contributed by atoms with Gasteiger partial charge < -0.3 is 14.8 Å². The summed E-state index contributed by atoms with van der Waals surface area (Å²) in [7, 11) is 1.71. The molecular formula is C23H30ClNO2. The van der Waals surface area contributed by atoms with Gasteiger partial charge >= 0.3 is 0 Å². The van der Waals surface area contributed by atoms with Crippen LogP contribution in [0.3, 0.4) is 0 Å². The fourth-order valence-corrected chi connectivity index (χ4v) is 4.31. The molecule has 0 bridgehead atoms. The second-order valence-corrected chi connectivity index (χ2v) is 8.53. The van der Waals surface area contributed by atoms with Crippen molar-refractivity contribution in [2.75, 3.05) is 20.3 Å². The van der Waals surface area contributed by atoms with Crippen molar-refractivity contribution in [3.8, 4) is 5.75 Å². The van der Waals surface area contributed by atoms with E-state index in [9.17, 15) is 0 Å². The molecule has 4 heteroatoms. The number of rotatable bonds is 7. The van der Waals surface area contributed by atoms with Crippen molar-refractivity contribution in [2.45, 2.75) is 50.7 Å². The van der Waals surface area contributed by atoms with E-state index in [2.05, 4.69) is 55.6 Å². The van der Waals surface area contributed by atoms with Crippen molar-refractivity contribution >= 4 is 11.6 Å². The van der Waals surface area contributed by atoms with Crippen molar-refractivity contribution in [2.24, 2.45) is 0 Å². The quantitative estimate of drug-likeness (QED) is 0.649. The summed E-state index contributed by atoms with van der Waals surface area (Å²) in [4.78, 5) is 0. The normalized spacial score (nSPS) is 21.8.